The van der Waals surface area contributed by atoms with Gasteiger partial charge in [0.25, 0.3) is 0 Å². The van der Waals surface area contributed by atoms with E-state index in [9.17, 15) is 4.79 Å². The highest BCUT2D eigenvalue weighted by Gasteiger charge is 2.09. The molecule has 0 atom stereocenters. The van der Waals surface area contributed by atoms with E-state index in [1.54, 1.807) is 25.1 Å². The van der Waals surface area contributed by atoms with Crippen molar-refractivity contribution in [2.24, 2.45) is 0 Å². The summed E-state index contributed by atoms with van der Waals surface area (Å²) in [4.78, 5) is 10.9. The van der Waals surface area contributed by atoms with Crippen molar-refractivity contribution in [3.05, 3.63) is 47.8 Å². The van der Waals surface area contributed by atoms with Gasteiger partial charge in [-0.25, -0.2) is 4.79 Å². The van der Waals surface area contributed by atoms with Gasteiger partial charge in [0.05, 0.1) is 5.56 Å². The van der Waals surface area contributed by atoms with Gasteiger partial charge in [0.15, 0.2) is 0 Å². The second-order valence-electron chi connectivity index (χ2n) is 4.24. The van der Waals surface area contributed by atoms with Gasteiger partial charge in [0.2, 0.25) is 11.8 Å². The van der Waals surface area contributed by atoms with Gasteiger partial charge in [-0.3, -0.25) is 0 Å². The Hall–Kier alpha value is -2.63. The van der Waals surface area contributed by atoms with E-state index >= 15 is 0 Å². The summed E-state index contributed by atoms with van der Waals surface area (Å²) in [5, 5.41) is 17.5. The van der Waals surface area contributed by atoms with Gasteiger partial charge in [-0.2, -0.15) is 0 Å². The smallest absolute Gasteiger partial charge is 0.335 e. The third-order valence-electron chi connectivity index (χ3n) is 2.89. The number of carbonyl (C=O) groups is 1. The van der Waals surface area contributed by atoms with Crippen molar-refractivity contribution < 1.29 is 14.3 Å². The zero-order valence-electron chi connectivity index (χ0n) is 10.2. The largest absolute Gasteiger partial charge is 0.478 e. The summed E-state index contributed by atoms with van der Waals surface area (Å²) < 4.78 is 7.27. The third-order valence-corrected chi connectivity index (χ3v) is 2.89. The minimum atomic E-state index is -0.929. The summed E-state index contributed by atoms with van der Waals surface area (Å²) in [5.74, 6) is 0.124. The van der Waals surface area contributed by atoms with E-state index in [1.165, 1.54) is 0 Å². The van der Waals surface area contributed by atoms with Crippen molar-refractivity contribution in [1.29, 1.82) is 0 Å². The molecule has 0 aliphatic heterocycles. The SMILES string of the molecule is Cc1nnc(Cn2ccc3cc(C(=O)O)ccc32)o1. The normalized spacial score (nSPS) is 11.0. The molecule has 0 bridgehead atoms. The Morgan fingerprint density at radius 3 is 2.89 bits per heavy atom. The summed E-state index contributed by atoms with van der Waals surface area (Å²) in [6, 6.07) is 6.88. The van der Waals surface area contributed by atoms with Crippen LogP contribution in [0.3, 0.4) is 0 Å². The van der Waals surface area contributed by atoms with Crippen LogP contribution in [-0.2, 0) is 6.54 Å². The lowest BCUT2D eigenvalue weighted by Crippen LogP contribution is -1.99. The van der Waals surface area contributed by atoms with Crippen LogP contribution in [0.25, 0.3) is 10.9 Å². The molecule has 1 aromatic carbocycles. The number of fused-ring (bicyclic) bond motifs is 1. The molecule has 1 N–H and O–H groups in total. The first-order valence-corrected chi connectivity index (χ1v) is 5.74. The fourth-order valence-corrected chi connectivity index (χ4v) is 2.02. The van der Waals surface area contributed by atoms with Crippen LogP contribution >= 0.6 is 0 Å². The van der Waals surface area contributed by atoms with Gasteiger partial charge in [0.1, 0.15) is 6.54 Å². The number of rotatable bonds is 3. The second kappa shape index (κ2) is 4.24. The van der Waals surface area contributed by atoms with Gasteiger partial charge in [-0.15, -0.1) is 10.2 Å². The van der Waals surface area contributed by atoms with Crippen LogP contribution in [0.1, 0.15) is 22.1 Å². The highest BCUT2D eigenvalue weighted by Crippen LogP contribution is 2.19. The Balaban J connectivity index is 1.99. The molecule has 0 amide bonds. The summed E-state index contributed by atoms with van der Waals surface area (Å²) in [6.07, 6.45) is 1.87. The maximum Gasteiger partial charge on any atom is 0.335 e. The Morgan fingerprint density at radius 2 is 2.21 bits per heavy atom. The van der Waals surface area contributed by atoms with E-state index in [0.717, 1.165) is 10.9 Å². The molecule has 0 aliphatic carbocycles. The van der Waals surface area contributed by atoms with Crippen molar-refractivity contribution in [2.75, 3.05) is 0 Å². The Morgan fingerprint density at radius 1 is 1.37 bits per heavy atom. The number of aryl methyl sites for hydroxylation is 1. The van der Waals surface area contributed by atoms with E-state index < -0.39 is 5.97 Å². The fourth-order valence-electron chi connectivity index (χ4n) is 2.02. The average molecular weight is 257 g/mol. The molecule has 0 aliphatic rings. The quantitative estimate of drug-likeness (QED) is 0.776. The van der Waals surface area contributed by atoms with Crippen LogP contribution < -0.4 is 0 Å². The lowest BCUT2D eigenvalue weighted by Gasteiger charge is -2.02. The number of aromatic nitrogens is 3. The Labute approximate surface area is 108 Å². The number of benzene rings is 1. The molecular weight excluding hydrogens is 246 g/mol. The molecule has 0 unspecified atom stereocenters. The second-order valence-corrected chi connectivity index (χ2v) is 4.24. The highest BCUT2D eigenvalue weighted by molar-refractivity contribution is 5.93. The van der Waals surface area contributed by atoms with Crippen molar-refractivity contribution in [2.45, 2.75) is 13.5 Å². The molecule has 6 nitrogen and oxygen atoms in total. The topological polar surface area (TPSA) is 81.2 Å². The molecular formula is C13H11N3O3. The molecule has 3 rings (SSSR count). The monoisotopic (exact) mass is 257 g/mol. The standard InChI is InChI=1S/C13H11N3O3/c1-8-14-15-12(19-8)7-16-5-4-9-6-10(13(17)18)2-3-11(9)16/h2-6H,7H2,1H3,(H,17,18). The summed E-state index contributed by atoms with van der Waals surface area (Å²) in [5.41, 5.74) is 1.21. The molecule has 2 heterocycles. The zero-order chi connectivity index (χ0) is 13.4. The first kappa shape index (κ1) is 11.5. The number of nitrogens with zero attached hydrogens (tertiary/aromatic N) is 3. The van der Waals surface area contributed by atoms with E-state index in [2.05, 4.69) is 10.2 Å². The number of aromatic carboxylic acids is 1. The van der Waals surface area contributed by atoms with E-state index in [4.69, 9.17) is 9.52 Å². The number of carboxylic acids is 1. The van der Waals surface area contributed by atoms with E-state index in [-0.39, 0.29) is 5.56 Å². The average Bonchev–Trinajstić information content (AvgIpc) is 2.96. The van der Waals surface area contributed by atoms with E-state index in [0.29, 0.717) is 18.3 Å². The van der Waals surface area contributed by atoms with Crippen LogP contribution in [0, 0.1) is 6.92 Å². The molecule has 3 aromatic rings. The fraction of sp³-hybridized carbons (Fsp3) is 0.154. The predicted molar refractivity (Wildman–Crippen MR) is 67.0 cm³/mol. The highest BCUT2D eigenvalue weighted by atomic mass is 16.4. The number of hydrogen-bond donors (Lipinski definition) is 1. The van der Waals surface area contributed by atoms with Crippen LogP contribution in [0.15, 0.2) is 34.9 Å². The molecule has 6 heteroatoms. The summed E-state index contributed by atoms with van der Waals surface area (Å²) in [7, 11) is 0. The van der Waals surface area contributed by atoms with Crippen molar-refractivity contribution >= 4 is 16.9 Å². The van der Waals surface area contributed by atoms with Crippen LogP contribution in [0.4, 0.5) is 0 Å². The van der Waals surface area contributed by atoms with Gasteiger partial charge in [-0.1, -0.05) is 0 Å². The van der Waals surface area contributed by atoms with Gasteiger partial charge in [-0.05, 0) is 24.3 Å². The minimum Gasteiger partial charge on any atom is -0.478 e. The first-order valence-electron chi connectivity index (χ1n) is 5.74. The predicted octanol–water partition coefficient (Wildman–Crippen LogP) is 2.08. The minimum absolute atomic E-state index is 0.277. The van der Waals surface area contributed by atoms with Gasteiger partial charge in [0, 0.05) is 24.0 Å². The molecule has 0 spiro atoms. The molecule has 0 saturated carbocycles. The lowest BCUT2D eigenvalue weighted by molar-refractivity contribution is 0.0697. The Bertz CT molecular complexity index is 757. The summed E-state index contributed by atoms with van der Waals surface area (Å²) >= 11 is 0. The van der Waals surface area contributed by atoms with Crippen LogP contribution in [-0.4, -0.2) is 25.8 Å². The van der Waals surface area contributed by atoms with Gasteiger partial charge < -0.3 is 14.1 Å². The molecule has 0 fully saturated rings. The first-order chi connectivity index (χ1) is 9.13. The molecule has 0 saturated heterocycles. The Kier molecular flexibility index (Phi) is 2.56. The van der Waals surface area contributed by atoms with E-state index in [1.807, 2.05) is 16.8 Å². The maximum atomic E-state index is 10.9. The molecule has 96 valence electrons. The number of carboxylic acid groups (broad SMARTS) is 1. The van der Waals surface area contributed by atoms with Crippen molar-refractivity contribution in [3.63, 3.8) is 0 Å². The summed E-state index contributed by atoms with van der Waals surface area (Å²) in [6.45, 7) is 2.21. The van der Waals surface area contributed by atoms with Crippen LogP contribution in [0.5, 0.6) is 0 Å². The molecule has 0 radical (unpaired) electrons. The third kappa shape index (κ3) is 2.08. The molecule has 2 aromatic heterocycles. The van der Waals surface area contributed by atoms with Gasteiger partial charge >= 0.3 is 5.97 Å². The van der Waals surface area contributed by atoms with Crippen LogP contribution in [0.2, 0.25) is 0 Å². The lowest BCUT2D eigenvalue weighted by atomic mass is 10.1. The van der Waals surface area contributed by atoms with Crippen molar-refractivity contribution in [3.8, 4) is 0 Å². The molecule has 19 heavy (non-hydrogen) atoms. The number of hydrogen-bond acceptors (Lipinski definition) is 4. The maximum absolute atomic E-state index is 10.9. The van der Waals surface area contributed by atoms with Crippen molar-refractivity contribution in [1.82, 2.24) is 14.8 Å². The zero-order valence-corrected chi connectivity index (χ0v) is 10.2.